The Kier molecular flexibility index (Phi) is 3.81. The standard InChI is InChI=1S/C14H15N3O2/c1-2-9(8-15)14(19)16-11-4-5-12-10(7-11)3-6-13(18)17-12/h4-5,7,9H,2-3,6H2,1H3,(H,16,19)(H,17,18). The molecule has 0 aliphatic carbocycles. The Balaban J connectivity index is 2.13. The third kappa shape index (κ3) is 2.91. The number of fused-ring (bicyclic) bond motifs is 1. The SMILES string of the molecule is CCC(C#N)C(=O)Nc1ccc2c(c1)CCC(=O)N2. The molecule has 2 amide bonds. The lowest BCUT2D eigenvalue weighted by Gasteiger charge is -2.18. The fraction of sp³-hybridized carbons (Fsp3) is 0.357. The molecule has 2 rings (SSSR count). The van der Waals surface area contributed by atoms with Gasteiger partial charge in [0, 0.05) is 17.8 Å². The highest BCUT2D eigenvalue weighted by molar-refractivity contribution is 5.96. The molecule has 5 heteroatoms. The molecular formula is C14H15N3O2. The Bertz CT molecular complexity index is 560. The maximum atomic E-state index is 11.8. The molecular weight excluding hydrogens is 242 g/mol. The van der Waals surface area contributed by atoms with E-state index >= 15 is 0 Å². The molecule has 2 N–H and O–H groups in total. The van der Waals surface area contributed by atoms with Crippen molar-refractivity contribution in [2.75, 3.05) is 10.6 Å². The van der Waals surface area contributed by atoms with E-state index in [1.807, 2.05) is 12.1 Å². The van der Waals surface area contributed by atoms with Crippen LogP contribution in [0.4, 0.5) is 11.4 Å². The highest BCUT2D eigenvalue weighted by Crippen LogP contribution is 2.25. The lowest BCUT2D eigenvalue weighted by molar-refractivity contribution is -0.118. The summed E-state index contributed by atoms with van der Waals surface area (Å²) in [7, 11) is 0. The average molecular weight is 257 g/mol. The fourth-order valence-corrected chi connectivity index (χ4v) is 2.03. The van der Waals surface area contributed by atoms with Crippen molar-refractivity contribution in [2.24, 2.45) is 5.92 Å². The van der Waals surface area contributed by atoms with Crippen molar-refractivity contribution in [1.82, 2.24) is 0 Å². The van der Waals surface area contributed by atoms with Gasteiger partial charge in [0.2, 0.25) is 11.8 Å². The Morgan fingerprint density at radius 1 is 1.53 bits per heavy atom. The fourth-order valence-electron chi connectivity index (χ4n) is 2.03. The minimum atomic E-state index is -0.629. The first-order chi connectivity index (χ1) is 9.13. The average Bonchev–Trinajstić information content (AvgIpc) is 2.40. The number of amides is 2. The molecule has 1 unspecified atom stereocenters. The van der Waals surface area contributed by atoms with Crippen LogP contribution in [-0.2, 0) is 16.0 Å². The van der Waals surface area contributed by atoms with Crippen LogP contribution >= 0.6 is 0 Å². The van der Waals surface area contributed by atoms with Gasteiger partial charge in [0.05, 0.1) is 6.07 Å². The van der Waals surface area contributed by atoms with Crippen molar-refractivity contribution in [3.05, 3.63) is 23.8 Å². The normalized spacial score (nSPS) is 14.8. The monoisotopic (exact) mass is 257 g/mol. The van der Waals surface area contributed by atoms with E-state index in [1.54, 1.807) is 19.1 Å². The molecule has 0 spiro atoms. The van der Waals surface area contributed by atoms with Crippen molar-refractivity contribution < 1.29 is 9.59 Å². The molecule has 1 heterocycles. The summed E-state index contributed by atoms with van der Waals surface area (Å²) in [5.74, 6) is -0.902. The minimum Gasteiger partial charge on any atom is -0.326 e. The van der Waals surface area contributed by atoms with E-state index in [0.29, 0.717) is 24.9 Å². The summed E-state index contributed by atoms with van der Waals surface area (Å²) in [5, 5.41) is 14.3. The van der Waals surface area contributed by atoms with E-state index in [0.717, 1.165) is 11.3 Å². The minimum absolute atomic E-state index is 0.0137. The summed E-state index contributed by atoms with van der Waals surface area (Å²) in [6.07, 6.45) is 1.61. The van der Waals surface area contributed by atoms with Crippen molar-refractivity contribution in [2.45, 2.75) is 26.2 Å². The van der Waals surface area contributed by atoms with E-state index in [-0.39, 0.29) is 11.8 Å². The first-order valence-electron chi connectivity index (χ1n) is 6.27. The number of anilines is 2. The van der Waals surface area contributed by atoms with Gasteiger partial charge >= 0.3 is 0 Å². The van der Waals surface area contributed by atoms with Crippen LogP contribution in [0.2, 0.25) is 0 Å². The quantitative estimate of drug-likeness (QED) is 0.869. The van der Waals surface area contributed by atoms with Gasteiger partial charge in [0.15, 0.2) is 0 Å². The van der Waals surface area contributed by atoms with Crippen LogP contribution < -0.4 is 10.6 Å². The summed E-state index contributed by atoms with van der Waals surface area (Å²) >= 11 is 0. The zero-order valence-electron chi connectivity index (χ0n) is 10.7. The lowest BCUT2D eigenvalue weighted by Crippen LogP contribution is -2.22. The molecule has 5 nitrogen and oxygen atoms in total. The Morgan fingerprint density at radius 3 is 3.00 bits per heavy atom. The molecule has 0 bridgehead atoms. The summed E-state index contributed by atoms with van der Waals surface area (Å²) < 4.78 is 0. The maximum absolute atomic E-state index is 11.8. The summed E-state index contributed by atoms with van der Waals surface area (Å²) in [6, 6.07) is 7.32. The third-order valence-corrected chi connectivity index (χ3v) is 3.15. The smallest absolute Gasteiger partial charge is 0.241 e. The zero-order chi connectivity index (χ0) is 13.8. The second-order valence-electron chi connectivity index (χ2n) is 4.50. The summed E-state index contributed by atoms with van der Waals surface area (Å²) in [6.45, 7) is 1.80. The highest BCUT2D eigenvalue weighted by Gasteiger charge is 2.18. The van der Waals surface area contributed by atoms with E-state index in [9.17, 15) is 9.59 Å². The van der Waals surface area contributed by atoms with Gasteiger partial charge in [-0.1, -0.05) is 6.92 Å². The number of hydrogen-bond acceptors (Lipinski definition) is 3. The second kappa shape index (κ2) is 5.53. The number of rotatable bonds is 3. The van der Waals surface area contributed by atoms with Crippen LogP contribution in [0.3, 0.4) is 0 Å². The molecule has 1 atom stereocenters. The number of carbonyl (C=O) groups excluding carboxylic acids is 2. The van der Waals surface area contributed by atoms with Crippen LogP contribution in [0.15, 0.2) is 18.2 Å². The number of aryl methyl sites for hydroxylation is 1. The molecule has 0 saturated heterocycles. The number of nitrogens with zero attached hydrogens (tertiary/aromatic N) is 1. The van der Waals surface area contributed by atoms with Gasteiger partial charge in [0.1, 0.15) is 5.92 Å². The molecule has 98 valence electrons. The molecule has 0 saturated carbocycles. The van der Waals surface area contributed by atoms with Crippen molar-refractivity contribution in [3.63, 3.8) is 0 Å². The number of nitrogens with one attached hydrogen (secondary N) is 2. The van der Waals surface area contributed by atoms with Crippen LogP contribution in [0.25, 0.3) is 0 Å². The van der Waals surface area contributed by atoms with Crippen LogP contribution in [0.1, 0.15) is 25.3 Å². The summed E-state index contributed by atoms with van der Waals surface area (Å²) in [5.41, 5.74) is 2.46. The van der Waals surface area contributed by atoms with Crippen LogP contribution in [-0.4, -0.2) is 11.8 Å². The molecule has 19 heavy (non-hydrogen) atoms. The van der Waals surface area contributed by atoms with E-state index < -0.39 is 5.92 Å². The first-order valence-corrected chi connectivity index (χ1v) is 6.27. The Morgan fingerprint density at radius 2 is 2.32 bits per heavy atom. The van der Waals surface area contributed by atoms with Crippen LogP contribution in [0.5, 0.6) is 0 Å². The first kappa shape index (κ1) is 13.1. The van der Waals surface area contributed by atoms with Gasteiger partial charge in [-0.3, -0.25) is 9.59 Å². The van der Waals surface area contributed by atoms with E-state index in [4.69, 9.17) is 5.26 Å². The Labute approximate surface area is 111 Å². The second-order valence-corrected chi connectivity index (χ2v) is 4.50. The molecule has 0 fully saturated rings. The van der Waals surface area contributed by atoms with E-state index in [1.165, 1.54) is 0 Å². The molecule has 1 aromatic rings. The highest BCUT2D eigenvalue weighted by atomic mass is 16.2. The maximum Gasteiger partial charge on any atom is 0.241 e. The van der Waals surface area contributed by atoms with Gasteiger partial charge in [-0.05, 0) is 36.6 Å². The zero-order valence-corrected chi connectivity index (χ0v) is 10.7. The van der Waals surface area contributed by atoms with Crippen molar-refractivity contribution in [1.29, 1.82) is 5.26 Å². The molecule has 1 aliphatic rings. The van der Waals surface area contributed by atoms with Gasteiger partial charge in [0.25, 0.3) is 0 Å². The number of carbonyl (C=O) groups is 2. The Hall–Kier alpha value is -2.35. The number of hydrogen-bond donors (Lipinski definition) is 2. The van der Waals surface area contributed by atoms with Gasteiger partial charge in [-0.25, -0.2) is 0 Å². The van der Waals surface area contributed by atoms with E-state index in [2.05, 4.69) is 10.6 Å². The van der Waals surface area contributed by atoms with Gasteiger partial charge in [-0.15, -0.1) is 0 Å². The predicted octanol–water partition coefficient (Wildman–Crippen LogP) is 2.06. The number of benzene rings is 1. The molecule has 1 aromatic carbocycles. The number of nitriles is 1. The van der Waals surface area contributed by atoms with Crippen molar-refractivity contribution >= 4 is 23.2 Å². The van der Waals surface area contributed by atoms with Crippen molar-refractivity contribution in [3.8, 4) is 6.07 Å². The van der Waals surface area contributed by atoms with Gasteiger partial charge < -0.3 is 10.6 Å². The summed E-state index contributed by atoms with van der Waals surface area (Å²) in [4.78, 5) is 23.0. The van der Waals surface area contributed by atoms with Gasteiger partial charge in [-0.2, -0.15) is 5.26 Å². The molecule has 0 aromatic heterocycles. The lowest BCUT2D eigenvalue weighted by atomic mass is 10.0. The largest absolute Gasteiger partial charge is 0.326 e. The molecule has 1 aliphatic heterocycles. The topological polar surface area (TPSA) is 82.0 Å². The van der Waals surface area contributed by atoms with Crippen LogP contribution in [0, 0.1) is 17.2 Å². The predicted molar refractivity (Wildman–Crippen MR) is 71.4 cm³/mol. The third-order valence-electron chi connectivity index (χ3n) is 3.15. The molecule has 0 radical (unpaired) electrons.